The lowest BCUT2D eigenvalue weighted by Crippen LogP contribution is -2.14. The van der Waals surface area contributed by atoms with Gasteiger partial charge in [0, 0.05) is 6.07 Å². The summed E-state index contributed by atoms with van der Waals surface area (Å²) in [5, 5.41) is 10.5. The van der Waals surface area contributed by atoms with Crippen LogP contribution in [0.25, 0.3) is 0 Å². The Morgan fingerprint density at radius 2 is 2.12 bits per heavy atom. The molecule has 0 saturated heterocycles. The second-order valence-electron chi connectivity index (χ2n) is 3.01. The molecule has 8 heteroatoms. The van der Waals surface area contributed by atoms with Crippen LogP contribution < -0.4 is 5.73 Å². The molecular formula is C8H8F3N3O2. The van der Waals surface area contributed by atoms with Crippen LogP contribution in [0.3, 0.4) is 0 Å². The Morgan fingerprint density at radius 3 is 2.50 bits per heavy atom. The molecule has 0 bridgehead atoms. The summed E-state index contributed by atoms with van der Waals surface area (Å²) in [6.07, 6.45) is -4.67. The number of nitro groups is 1. The Bertz CT molecular complexity index is 431. The summed E-state index contributed by atoms with van der Waals surface area (Å²) in [5.74, 6) is -0.727. The monoisotopic (exact) mass is 235 g/mol. The lowest BCUT2D eigenvalue weighted by Gasteiger charge is -2.11. The van der Waals surface area contributed by atoms with Gasteiger partial charge in [0.2, 0.25) is 5.82 Å². The first kappa shape index (κ1) is 12.2. The van der Waals surface area contributed by atoms with Crippen LogP contribution in [0.1, 0.15) is 18.2 Å². The van der Waals surface area contributed by atoms with E-state index in [9.17, 15) is 23.3 Å². The molecule has 0 atom stereocenters. The number of nitrogens with zero attached hydrogens (tertiary/aromatic N) is 2. The van der Waals surface area contributed by atoms with E-state index >= 15 is 0 Å². The molecule has 0 amide bonds. The number of aryl methyl sites for hydroxylation is 1. The summed E-state index contributed by atoms with van der Waals surface area (Å²) in [6, 6.07) is 0.811. The quantitative estimate of drug-likeness (QED) is 0.628. The highest BCUT2D eigenvalue weighted by molar-refractivity contribution is 5.55. The molecule has 0 aliphatic heterocycles. The minimum Gasteiger partial charge on any atom is -0.378 e. The maximum Gasteiger partial charge on any atom is 0.433 e. The number of hydrogen-bond acceptors (Lipinski definition) is 4. The highest BCUT2D eigenvalue weighted by Crippen LogP contribution is 2.34. The fourth-order valence-electron chi connectivity index (χ4n) is 1.22. The van der Waals surface area contributed by atoms with E-state index in [-0.39, 0.29) is 12.0 Å². The number of nitrogens with two attached hydrogens (primary N) is 1. The summed E-state index contributed by atoms with van der Waals surface area (Å²) in [6.45, 7) is 1.45. The van der Waals surface area contributed by atoms with Crippen LogP contribution in [0.5, 0.6) is 0 Å². The standard InChI is InChI=1S/C8H8F3N3O2/c1-2-4-3-5(14(15)16)7(12)13-6(4)8(9,10)11/h3H,2H2,1H3,(H2,12,13). The Hall–Kier alpha value is -1.86. The molecule has 0 unspecified atom stereocenters. The zero-order valence-electron chi connectivity index (χ0n) is 8.21. The van der Waals surface area contributed by atoms with Crippen molar-refractivity contribution in [2.24, 2.45) is 0 Å². The van der Waals surface area contributed by atoms with Crippen molar-refractivity contribution in [3.63, 3.8) is 0 Å². The topological polar surface area (TPSA) is 82.0 Å². The lowest BCUT2D eigenvalue weighted by atomic mass is 10.1. The molecule has 0 saturated carbocycles. The second kappa shape index (κ2) is 3.95. The van der Waals surface area contributed by atoms with Crippen molar-refractivity contribution in [1.82, 2.24) is 4.98 Å². The largest absolute Gasteiger partial charge is 0.433 e. The van der Waals surface area contributed by atoms with E-state index in [1.165, 1.54) is 6.92 Å². The van der Waals surface area contributed by atoms with Gasteiger partial charge in [-0.3, -0.25) is 10.1 Å². The van der Waals surface area contributed by atoms with Crippen molar-refractivity contribution in [3.8, 4) is 0 Å². The Balaban J connectivity index is 3.44. The minimum atomic E-state index is -4.66. The number of halogens is 3. The smallest absolute Gasteiger partial charge is 0.378 e. The second-order valence-corrected chi connectivity index (χ2v) is 3.01. The Labute approximate surface area is 88.2 Å². The van der Waals surface area contributed by atoms with E-state index in [0.29, 0.717) is 0 Å². The van der Waals surface area contributed by atoms with Gasteiger partial charge in [0.05, 0.1) is 4.92 Å². The van der Waals surface area contributed by atoms with Crippen molar-refractivity contribution >= 4 is 11.5 Å². The van der Waals surface area contributed by atoms with Gasteiger partial charge in [-0.05, 0) is 12.0 Å². The van der Waals surface area contributed by atoms with Crippen LogP contribution in [-0.2, 0) is 12.6 Å². The summed E-state index contributed by atoms with van der Waals surface area (Å²) in [5.41, 5.74) is 3.07. The van der Waals surface area contributed by atoms with Crippen LogP contribution in [-0.4, -0.2) is 9.91 Å². The van der Waals surface area contributed by atoms with Crippen molar-refractivity contribution in [1.29, 1.82) is 0 Å². The maximum atomic E-state index is 12.5. The normalized spacial score (nSPS) is 11.5. The number of hydrogen-bond donors (Lipinski definition) is 1. The van der Waals surface area contributed by atoms with Gasteiger partial charge < -0.3 is 5.73 Å². The van der Waals surface area contributed by atoms with Gasteiger partial charge in [-0.25, -0.2) is 4.98 Å². The van der Waals surface area contributed by atoms with Crippen molar-refractivity contribution in [2.75, 3.05) is 5.73 Å². The predicted octanol–water partition coefficient (Wildman–Crippen LogP) is 2.15. The van der Waals surface area contributed by atoms with Gasteiger partial charge in [-0.2, -0.15) is 13.2 Å². The first-order valence-electron chi connectivity index (χ1n) is 4.28. The highest BCUT2D eigenvalue weighted by atomic mass is 19.4. The number of alkyl halides is 3. The zero-order valence-corrected chi connectivity index (χ0v) is 8.21. The van der Waals surface area contributed by atoms with Crippen molar-refractivity contribution < 1.29 is 18.1 Å². The first-order valence-corrected chi connectivity index (χ1v) is 4.28. The molecule has 1 aromatic rings. The number of rotatable bonds is 2. The molecule has 1 rings (SSSR count). The molecule has 0 aromatic carbocycles. The first-order chi connectivity index (χ1) is 7.27. The van der Waals surface area contributed by atoms with Crippen molar-refractivity contribution in [3.05, 3.63) is 27.4 Å². The molecule has 16 heavy (non-hydrogen) atoms. The van der Waals surface area contributed by atoms with E-state index in [1.807, 2.05) is 0 Å². The van der Waals surface area contributed by atoms with Gasteiger partial charge in [-0.15, -0.1) is 0 Å². The van der Waals surface area contributed by atoms with Gasteiger partial charge in [0.25, 0.3) is 0 Å². The average molecular weight is 235 g/mol. The van der Waals surface area contributed by atoms with Crippen LogP contribution in [0, 0.1) is 10.1 Å². The van der Waals surface area contributed by atoms with Crippen LogP contribution in [0.4, 0.5) is 24.7 Å². The van der Waals surface area contributed by atoms with E-state index in [1.54, 1.807) is 0 Å². The lowest BCUT2D eigenvalue weighted by molar-refractivity contribution is -0.384. The molecule has 5 nitrogen and oxygen atoms in total. The number of nitrogen functional groups attached to an aromatic ring is 1. The molecule has 1 aromatic heterocycles. The number of anilines is 1. The predicted molar refractivity (Wildman–Crippen MR) is 49.7 cm³/mol. The van der Waals surface area contributed by atoms with E-state index in [2.05, 4.69) is 4.98 Å². The van der Waals surface area contributed by atoms with Crippen LogP contribution in [0.2, 0.25) is 0 Å². The third-order valence-corrected chi connectivity index (χ3v) is 1.96. The van der Waals surface area contributed by atoms with E-state index in [0.717, 1.165) is 6.07 Å². The van der Waals surface area contributed by atoms with E-state index < -0.39 is 28.3 Å². The van der Waals surface area contributed by atoms with Gasteiger partial charge in [0.15, 0.2) is 5.69 Å². The Morgan fingerprint density at radius 1 is 1.56 bits per heavy atom. The number of pyridine rings is 1. The molecule has 0 fully saturated rings. The minimum absolute atomic E-state index is 0.0109. The molecule has 1 heterocycles. The molecule has 0 spiro atoms. The third-order valence-electron chi connectivity index (χ3n) is 1.96. The Kier molecular flexibility index (Phi) is 3.02. The molecule has 2 N–H and O–H groups in total. The summed E-state index contributed by atoms with van der Waals surface area (Å²) < 4.78 is 37.4. The molecule has 0 aliphatic carbocycles. The zero-order chi connectivity index (χ0) is 12.5. The summed E-state index contributed by atoms with van der Waals surface area (Å²) in [4.78, 5) is 12.6. The van der Waals surface area contributed by atoms with Crippen molar-refractivity contribution in [2.45, 2.75) is 19.5 Å². The summed E-state index contributed by atoms with van der Waals surface area (Å²) in [7, 11) is 0. The fraction of sp³-hybridized carbons (Fsp3) is 0.375. The SMILES string of the molecule is CCc1cc([N+](=O)[O-])c(N)nc1C(F)(F)F. The molecule has 0 radical (unpaired) electrons. The fourth-order valence-corrected chi connectivity index (χ4v) is 1.22. The molecular weight excluding hydrogens is 227 g/mol. The number of aromatic nitrogens is 1. The van der Waals surface area contributed by atoms with Crippen LogP contribution >= 0.6 is 0 Å². The van der Waals surface area contributed by atoms with Gasteiger partial charge in [-0.1, -0.05) is 6.92 Å². The van der Waals surface area contributed by atoms with Crippen LogP contribution in [0.15, 0.2) is 6.07 Å². The summed E-state index contributed by atoms with van der Waals surface area (Å²) >= 11 is 0. The molecule has 88 valence electrons. The molecule has 0 aliphatic rings. The van der Waals surface area contributed by atoms with Gasteiger partial charge in [0.1, 0.15) is 0 Å². The maximum absolute atomic E-state index is 12.5. The average Bonchev–Trinajstić information content (AvgIpc) is 2.15. The highest BCUT2D eigenvalue weighted by Gasteiger charge is 2.36. The van der Waals surface area contributed by atoms with E-state index in [4.69, 9.17) is 5.73 Å². The van der Waals surface area contributed by atoms with Gasteiger partial charge >= 0.3 is 11.9 Å². The third kappa shape index (κ3) is 2.20.